The summed E-state index contributed by atoms with van der Waals surface area (Å²) in [4.78, 5) is 42.5. The molecule has 1 aliphatic rings. The number of aryl methyl sites for hydroxylation is 1. The number of benzene rings is 1. The van der Waals surface area contributed by atoms with Gasteiger partial charge in [0.2, 0.25) is 5.91 Å². The highest BCUT2D eigenvalue weighted by atomic mass is 16.4. The van der Waals surface area contributed by atoms with Crippen molar-refractivity contribution in [2.75, 3.05) is 26.2 Å². The van der Waals surface area contributed by atoms with Crippen molar-refractivity contribution in [3.63, 3.8) is 0 Å². The Bertz CT molecular complexity index is 1050. The Labute approximate surface area is 155 Å². The van der Waals surface area contributed by atoms with Crippen LogP contribution in [0.1, 0.15) is 15.9 Å². The highest BCUT2D eigenvalue weighted by molar-refractivity contribution is 5.97. The van der Waals surface area contributed by atoms with Gasteiger partial charge in [0.05, 0.1) is 11.9 Å². The Morgan fingerprint density at radius 2 is 1.85 bits per heavy atom. The number of carbonyl (C=O) groups is 2. The van der Waals surface area contributed by atoms with Gasteiger partial charge in [0.1, 0.15) is 0 Å². The highest BCUT2D eigenvalue weighted by Gasteiger charge is 2.25. The Morgan fingerprint density at radius 3 is 2.56 bits per heavy atom. The summed E-state index contributed by atoms with van der Waals surface area (Å²) in [6.45, 7) is 1.99. The molecule has 1 fully saturated rings. The number of rotatable bonds is 3. The Kier molecular flexibility index (Phi) is 4.31. The van der Waals surface area contributed by atoms with Crippen molar-refractivity contribution in [1.82, 2.24) is 19.4 Å². The van der Waals surface area contributed by atoms with E-state index in [2.05, 4.69) is 4.98 Å². The van der Waals surface area contributed by atoms with Crippen molar-refractivity contribution in [2.45, 2.75) is 6.42 Å². The summed E-state index contributed by atoms with van der Waals surface area (Å²) in [5.41, 5.74) is 2.38. The average molecular weight is 368 g/mol. The maximum absolute atomic E-state index is 12.7. The molecule has 2 aromatic heterocycles. The average Bonchev–Trinajstić information content (AvgIpc) is 3.24. The molecule has 1 saturated heterocycles. The number of nitrogens with one attached hydrogen (secondary N) is 1. The van der Waals surface area contributed by atoms with Crippen LogP contribution < -0.4 is 5.76 Å². The molecule has 140 valence electrons. The van der Waals surface area contributed by atoms with E-state index >= 15 is 0 Å². The molecule has 0 aliphatic carbocycles. The van der Waals surface area contributed by atoms with Crippen LogP contribution in [0.2, 0.25) is 0 Å². The quantitative estimate of drug-likeness (QED) is 0.746. The largest absolute Gasteiger partial charge is 0.417 e. The minimum Gasteiger partial charge on any atom is -0.408 e. The summed E-state index contributed by atoms with van der Waals surface area (Å²) in [5, 5.41) is 0. The van der Waals surface area contributed by atoms with Crippen LogP contribution in [0.5, 0.6) is 0 Å². The number of aromatic nitrogens is 2. The van der Waals surface area contributed by atoms with Crippen molar-refractivity contribution >= 4 is 22.9 Å². The number of fused-ring (bicyclic) bond motifs is 1. The molecular formula is C19H20N4O4. The minimum atomic E-state index is -0.542. The predicted octanol–water partition coefficient (Wildman–Crippen LogP) is 0.987. The number of hydrogen-bond donors (Lipinski definition) is 1. The lowest BCUT2D eigenvalue weighted by molar-refractivity contribution is -0.131. The van der Waals surface area contributed by atoms with Crippen LogP contribution in [0.4, 0.5) is 0 Å². The fraction of sp³-hybridized carbons (Fsp3) is 0.316. The second-order valence-corrected chi connectivity index (χ2v) is 6.76. The number of carbonyl (C=O) groups excluding carboxylic acids is 2. The first-order valence-electron chi connectivity index (χ1n) is 8.80. The zero-order valence-corrected chi connectivity index (χ0v) is 15.0. The predicted molar refractivity (Wildman–Crippen MR) is 98.4 cm³/mol. The number of oxazole rings is 1. The molecular weight excluding hydrogens is 348 g/mol. The molecule has 3 heterocycles. The van der Waals surface area contributed by atoms with Crippen molar-refractivity contribution < 1.29 is 14.0 Å². The standard InChI is InChI=1S/C19H20N4O4/c1-21-5-4-13(12-21)10-17(24)22-6-8-23(9-7-22)18(25)14-2-3-15-16(11-14)27-19(26)20-15/h2-5,11-12H,6-10H2,1H3,(H,20,26). The minimum absolute atomic E-state index is 0.0730. The van der Waals surface area contributed by atoms with E-state index in [1.54, 1.807) is 28.0 Å². The molecule has 0 spiro atoms. The second-order valence-electron chi connectivity index (χ2n) is 6.76. The molecule has 27 heavy (non-hydrogen) atoms. The lowest BCUT2D eigenvalue weighted by Crippen LogP contribution is -2.51. The lowest BCUT2D eigenvalue weighted by atomic mass is 10.1. The third-order valence-corrected chi connectivity index (χ3v) is 4.84. The molecule has 0 saturated carbocycles. The van der Waals surface area contributed by atoms with E-state index in [1.165, 1.54) is 0 Å². The normalized spacial score (nSPS) is 14.7. The number of H-pyrrole nitrogens is 1. The molecule has 0 unspecified atom stereocenters. The van der Waals surface area contributed by atoms with Crippen molar-refractivity contribution in [3.05, 3.63) is 58.3 Å². The summed E-state index contributed by atoms with van der Waals surface area (Å²) < 4.78 is 6.94. The van der Waals surface area contributed by atoms with Gasteiger partial charge in [0.15, 0.2) is 5.58 Å². The zero-order valence-electron chi connectivity index (χ0n) is 15.0. The van der Waals surface area contributed by atoms with Crippen LogP contribution in [0.3, 0.4) is 0 Å². The maximum Gasteiger partial charge on any atom is 0.417 e. The number of nitrogens with zero attached hydrogens (tertiary/aromatic N) is 3. The molecule has 3 aromatic rings. The summed E-state index contributed by atoms with van der Waals surface area (Å²) >= 11 is 0. The molecule has 8 nitrogen and oxygen atoms in total. The maximum atomic E-state index is 12.7. The topological polar surface area (TPSA) is 91.5 Å². The molecule has 1 aromatic carbocycles. The first-order valence-corrected chi connectivity index (χ1v) is 8.80. The van der Waals surface area contributed by atoms with Gasteiger partial charge in [-0.05, 0) is 29.8 Å². The van der Waals surface area contributed by atoms with E-state index in [4.69, 9.17) is 4.42 Å². The van der Waals surface area contributed by atoms with Crippen LogP contribution in [-0.4, -0.2) is 57.3 Å². The fourth-order valence-corrected chi connectivity index (χ4v) is 3.37. The number of aromatic amines is 1. The second kappa shape index (κ2) is 6.79. The van der Waals surface area contributed by atoms with Gasteiger partial charge in [-0.15, -0.1) is 0 Å². The van der Waals surface area contributed by atoms with Crippen LogP contribution in [-0.2, 0) is 18.3 Å². The molecule has 2 amide bonds. The third-order valence-electron chi connectivity index (χ3n) is 4.84. The molecule has 0 radical (unpaired) electrons. The summed E-state index contributed by atoms with van der Waals surface area (Å²) in [6.07, 6.45) is 4.23. The van der Waals surface area contributed by atoms with E-state index < -0.39 is 5.76 Å². The van der Waals surface area contributed by atoms with Gasteiger partial charge in [-0.2, -0.15) is 0 Å². The van der Waals surface area contributed by atoms with Crippen LogP contribution >= 0.6 is 0 Å². The monoisotopic (exact) mass is 368 g/mol. The highest BCUT2D eigenvalue weighted by Crippen LogP contribution is 2.16. The molecule has 1 N–H and O–H groups in total. The van der Waals surface area contributed by atoms with Gasteiger partial charge in [0, 0.05) is 51.2 Å². The van der Waals surface area contributed by atoms with Gasteiger partial charge < -0.3 is 18.8 Å². The lowest BCUT2D eigenvalue weighted by Gasteiger charge is -2.34. The van der Waals surface area contributed by atoms with Crippen molar-refractivity contribution in [3.8, 4) is 0 Å². The first kappa shape index (κ1) is 17.1. The van der Waals surface area contributed by atoms with Crippen molar-refractivity contribution in [1.29, 1.82) is 0 Å². The van der Waals surface area contributed by atoms with Gasteiger partial charge in [-0.25, -0.2) is 4.79 Å². The summed E-state index contributed by atoms with van der Waals surface area (Å²) in [5.74, 6) is -0.597. The van der Waals surface area contributed by atoms with E-state index in [0.29, 0.717) is 49.3 Å². The van der Waals surface area contributed by atoms with E-state index in [9.17, 15) is 14.4 Å². The van der Waals surface area contributed by atoms with Crippen LogP contribution in [0, 0.1) is 0 Å². The number of amides is 2. The van der Waals surface area contributed by atoms with E-state index in [-0.39, 0.29) is 11.8 Å². The first-order chi connectivity index (χ1) is 13.0. The Hall–Kier alpha value is -3.29. The molecule has 0 bridgehead atoms. The number of piperazine rings is 1. The number of hydrogen-bond acceptors (Lipinski definition) is 4. The zero-order chi connectivity index (χ0) is 19.0. The Balaban J connectivity index is 1.38. The van der Waals surface area contributed by atoms with E-state index in [0.717, 1.165) is 5.56 Å². The molecule has 0 atom stereocenters. The molecule has 1 aliphatic heterocycles. The van der Waals surface area contributed by atoms with Crippen LogP contribution in [0.25, 0.3) is 11.1 Å². The van der Waals surface area contributed by atoms with E-state index in [1.807, 2.05) is 30.1 Å². The van der Waals surface area contributed by atoms with Crippen LogP contribution in [0.15, 0.2) is 45.9 Å². The third kappa shape index (κ3) is 3.51. The molecule has 4 rings (SSSR count). The SMILES string of the molecule is Cn1ccc(CC(=O)N2CCN(C(=O)c3ccc4[nH]c(=O)oc4c3)CC2)c1. The van der Waals surface area contributed by atoms with Gasteiger partial charge >= 0.3 is 5.76 Å². The Morgan fingerprint density at radius 1 is 1.11 bits per heavy atom. The van der Waals surface area contributed by atoms with Gasteiger partial charge in [0.25, 0.3) is 5.91 Å². The van der Waals surface area contributed by atoms with Gasteiger partial charge in [-0.3, -0.25) is 14.6 Å². The fourth-order valence-electron chi connectivity index (χ4n) is 3.37. The summed E-state index contributed by atoms with van der Waals surface area (Å²) in [6, 6.07) is 6.84. The smallest absolute Gasteiger partial charge is 0.408 e. The van der Waals surface area contributed by atoms with Gasteiger partial charge in [-0.1, -0.05) is 0 Å². The summed E-state index contributed by atoms with van der Waals surface area (Å²) in [7, 11) is 1.92. The van der Waals surface area contributed by atoms with Crippen molar-refractivity contribution in [2.24, 2.45) is 7.05 Å². The molecule has 8 heteroatoms.